The Morgan fingerprint density at radius 3 is 1.56 bits per heavy atom. The van der Waals surface area contributed by atoms with Crippen molar-refractivity contribution in [3.05, 3.63) is 34.9 Å². The summed E-state index contributed by atoms with van der Waals surface area (Å²) < 4.78 is 5.51. The lowest BCUT2D eigenvalue weighted by Crippen LogP contribution is -2.24. The third-order valence-electron chi connectivity index (χ3n) is 2.73. The Morgan fingerprint density at radius 2 is 1.24 bits per heavy atom. The fourth-order valence-corrected chi connectivity index (χ4v) is 2.78. The molecule has 0 fully saturated rings. The van der Waals surface area contributed by atoms with Gasteiger partial charge in [-0.2, -0.15) is 0 Å². The van der Waals surface area contributed by atoms with Gasteiger partial charge >= 0.3 is 5.97 Å². The van der Waals surface area contributed by atoms with Crippen molar-refractivity contribution >= 4 is 22.1 Å². The maximum absolute atomic E-state index is 12.5. The van der Waals surface area contributed by atoms with Gasteiger partial charge in [0.1, 0.15) is 21.7 Å². The first-order valence-corrected chi connectivity index (χ1v) is 15.6. The van der Waals surface area contributed by atoms with E-state index in [0.29, 0.717) is 5.56 Å². The topological polar surface area (TPSA) is 26.3 Å². The van der Waals surface area contributed by atoms with Crippen molar-refractivity contribution in [2.75, 3.05) is 0 Å². The Bertz CT molecular complexity index is 715. The van der Waals surface area contributed by atoms with Crippen molar-refractivity contribution in [1.29, 1.82) is 0 Å². The molecule has 1 rings (SSSR count). The maximum atomic E-state index is 12.5. The lowest BCUT2D eigenvalue weighted by atomic mass is 10.1. The molecule has 0 aliphatic rings. The number of hydrogen-bond donors (Lipinski definition) is 0. The molecule has 0 saturated heterocycles. The van der Waals surface area contributed by atoms with Crippen LogP contribution in [0.1, 0.15) is 42.3 Å². The van der Waals surface area contributed by atoms with Crippen LogP contribution in [0.2, 0.25) is 39.3 Å². The average molecular weight is 371 g/mol. The predicted molar refractivity (Wildman–Crippen MR) is 112 cm³/mol. The van der Waals surface area contributed by atoms with Gasteiger partial charge in [0.05, 0.1) is 5.56 Å². The molecule has 0 N–H and O–H groups in total. The van der Waals surface area contributed by atoms with Crippen molar-refractivity contribution < 1.29 is 9.53 Å². The smallest absolute Gasteiger partial charge is 0.338 e. The zero-order valence-corrected chi connectivity index (χ0v) is 19.0. The van der Waals surface area contributed by atoms with Crippen LogP contribution >= 0.6 is 0 Å². The van der Waals surface area contributed by atoms with Gasteiger partial charge in [-0.15, -0.1) is 11.1 Å². The number of carbonyl (C=O) groups is 1. The zero-order valence-electron chi connectivity index (χ0n) is 17.0. The van der Waals surface area contributed by atoms with Crippen LogP contribution in [0.4, 0.5) is 0 Å². The second kappa shape index (κ2) is 7.64. The largest absolute Gasteiger partial charge is 0.456 e. The Labute approximate surface area is 155 Å². The maximum Gasteiger partial charge on any atom is 0.338 e. The van der Waals surface area contributed by atoms with E-state index in [1.54, 1.807) is 12.1 Å². The molecule has 2 nitrogen and oxygen atoms in total. The van der Waals surface area contributed by atoms with Crippen LogP contribution in [-0.4, -0.2) is 27.7 Å². The SMILES string of the molecule is CC(C)(C)OC(=O)c1cc(C#C[Si](C)(C)C)cc(C#C[Si](C)(C)C)c1. The summed E-state index contributed by atoms with van der Waals surface area (Å²) in [7, 11) is -2.99. The van der Waals surface area contributed by atoms with Gasteiger partial charge in [0.25, 0.3) is 0 Å². The summed E-state index contributed by atoms with van der Waals surface area (Å²) in [4.78, 5) is 12.5. The Morgan fingerprint density at radius 1 is 0.840 bits per heavy atom. The van der Waals surface area contributed by atoms with Crippen LogP contribution in [0.5, 0.6) is 0 Å². The number of ether oxygens (including phenoxy) is 1. The average Bonchev–Trinajstić information content (AvgIpc) is 2.39. The fourth-order valence-electron chi connectivity index (χ4n) is 1.75. The van der Waals surface area contributed by atoms with Gasteiger partial charge in [-0.1, -0.05) is 51.1 Å². The van der Waals surface area contributed by atoms with E-state index in [-0.39, 0.29) is 5.97 Å². The summed E-state index contributed by atoms with van der Waals surface area (Å²) in [6.45, 7) is 18.8. The third-order valence-corrected chi connectivity index (χ3v) is 4.48. The molecule has 0 aliphatic carbocycles. The standard InChI is InChI=1S/C21H30O2Si2/c1-21(2,3)23-20(22)19-15-17(10-12-24(4,5)6)14-18(16-19)11-13-25(7,8)9/h14-16H,1-9H3. The summed E-state index contributed by atoms with van der Waals surface area (Å²) >= 11 is 0. The van der Waals surface area contributed by atoms with Gasteiger partial charge in [0.2, 0.25) is 0 Å². The number of benzene rings is 1. The van der Waals surface area contributed by atoms with Crippen molar-refractivity contribution in [3.8, 4) is 22.9 Å². The molecule has 0 bridgehead atoms. The second-order valence-electron chi connectivity index (χ2n) is 9.30. The van der Waals surface area contributed by atoms with Crippen molar-refractivity contribution in [1.82, 2.24) is 0 Å². The van der Waals surface area contributed by atoms with E-state index in [2.05, 4.69) is 62.2 Å². The lowest BCUT2D eigenvalue weighted by Gasteiger charge is -2.19. The molecule has 25 heavy (non-hydrogen) atoms. The molecular weight excluding hydrogens is 340 g/mol. The molecule has 0 aromatic heterocycles. The highest BCUT2D eigenvalue weighted by molar-refractivity contribution is 6.84. The van der Waals surface area contributed by atoms with Crippen LogP contribution in [0.15, 0.2) is 18.2 Å². The molecule has 0 unspecified atom stereocenters. The first-order chi connectivity index (χ1) is 11.1. The van der Waals surface area contributed by atoms with Crippen molar-refractivity contribution in [3.63, 3.8) is 0 Å². The number of rotatable bonds is 1. The third kappa shape index (κ3) is 9.34. The molecule has 4 heteroatoms. The minimum absolute atomic E-state index is 0.333. The van der Waals surface area contributed by atoms with Gasteiger partial charge in [-0.05, 0) is 39.0 Å². The summed E-state index contributed by atoms with van der Waals surface area (Å²) in [5.74, 6) is 6.12. The Balaban J connectivity index is 3.38. The summed E-state index contributed by atoms with van der Waals surface area (Å²) in [6, 6.07) is 5.58. The first-order valence-electron chi connectivity index (χ1n) is 8.59. The zero-order chi connectivity index (χ0) is 19.5. The van der Waals surface area contributed by atoms with Gasteiger partial charge < -0.3 is 4.74 Å². The molecule has 1 aromatic carbocycles. The minimum Gasteiger partial charge on any atom is -0.456 e. The van der Waals surface area contributed by atoms with E-state index in [9.17, 15) is 4.79 Å². The van der Waals surface area contributed by atoms with Crippen LogP contribution in [0.3, 0.4) is 0 Å². The van der Waals surface area contributed by atoms with Crippen molar-refractivity contribution in [2.24, 2.45) is 0 Å². The molecule has 0 atom stereocenters. The quantitative estimate of drug-likeness (QED) is 0.390. The molecule has 0 heterocycles. The Hall–Kier alpha value is -1.76. The highest BCUT2D eigenvalue weighted by atomic mass is 28.3. The van der Waals surface area contributed by atoms with Crippen LogP contribution in [-0.2, 0) is 4.74 Å². The monoisotopic (exact) mass is 370 g/mol. The van der Waals surface area contributed by atoms with E-state index in [1.165, 1.54) is 0 Å². The molecule has 0 saturated carbocycles. The number of esters is 1. The van der Waals surface area contributed by atoms with E-state index < -0.39 is 21.7 Å². The lowest BCUT2D eigenvalue weighted by molar-refractivity contribution is 0.00694. The fraction of sp³-hybridized carbons (Fsp3) is 0.476. The van der Waals surface area contributed by atoms with E-state index >= 15 is 0 Å². The first kappa shape index (κ1) is 21.3. The summed E-state index contributed by atoms with van der Waals surface area (Å²) in [6.07, 6.45) is 0. The van der Waals surface area contributed by atoms with Crippen LogP contribution < -0.4 is 0 Å². The molecule has 0 amide bonds. The van der Waals surface area contributed by atoms with Crippen LogP contribution in [0, 0.1) is 22.9 Å². The molecular formula is C21H30O2Si2. The van der Waals surface area contributed by atoms with E-state index in [0.717, 1.165) is 11.1 Å². The highest BCUT2D eigenvalue weighted by Gasteiger charge is 2.19. The Kier molecular flexibility index (Phi) is 6.51. The van der Waals surface area contributed by atoms with Crippen molar-refractivity contribution in [2.45, 2.75) is 65.7 Å². The van der Waals surface area contributed by atoms with E-state index in [1.807, 2.05) is 26.8 Å². The normalized spacial score (nSPS) is 11.7. The summed E-state index contributed by atoms with van der Waals surface area (Å²) in [5, 5.41) is 0. The molecule has 1 aromatic rings. The predicted octanol–water partition coefficient (Wildman–Crippen LogP) is 5.10. The van der Waals surface area contributed by atoms with Gasteiger partial charge in [0.15, 0.2) is 0 Å². The van der Waals surface area contributed by atoms with Gasteiger partial charge in [-0.3, -0.25) is 0 Å². The number of hydrogen-bond acceptors (Lipinski definition) is 2. The van der Waals surface area contributed by atoms with Gasteiger partial charge in [0, 0.05) is 11.1 Å². The second-order valence-corrected chi connectivity index (χ2v) is 18.8. The molecule has 0 spiro atoms. The van der Waals surface area contributed by atoms with Crippen LogP contribution in [0.25, 0.3) is 0 Å². The summed E-state index contributed by atoms with van der Waals surface area (Å²) in [5.41, 5.74) is 8.33. The molecule has 0 radical (unpaired) electrons. The van der Waals surface area contributed by atoms with E-state index in [4.69, 9.17) is 4.74 Å². The molecule has 0 aliphatic heterocycles. The number of carbonyl (C=O) groups excluding carboxylic acids is 1. The van der Waals surface area contributed by atoms with Gasteiger partial charge in [-0.25, -0.2) is 4.79 Å². The molecule has 134 valence electrons. The minimum atomic E-state index is -1.50. The highest BCUT2D eigenvalue weighted by Crippen LogP contribution is 2.16.